The van der Waals surface area contributed by atoms with Crippen LogP contribution in [0.3, 0.4) is 0 Å². The molecule has 2 N–H and O–H groups in total. The Labute approximate surface area is 110 Å². The fraction of sp³-hybridized carbons (Fsp3) is 0.0625. The molecule has 0 saturated heterocycles. The molecule has 0 bridgehead atoms. The number of hydrogen-bond acceptors (Lipinski definition) is 3. The van der Waals surface area contributed by atoms with Crippen LogP contribution in [-0.4, -0.2) is 0 Å². The summed E-state index contributed by atoms with van der Waals surface area (Å²) < 4.78 is 5.86. The van der Waals surface area contributed by atoms with E-state index in [1.807, 2.05) is 30.3 Å². The summed E-state index contributed by atoms with van der Waals surface area (Å²) in [6.45, 7) is 1.78. The Balaban J connectivity index is 2.38. The normalized spacial score (nSPS) is 10.8. The molecule has 0 aliphatic carbocycles. The Hall–Kier alpha value is -2.55. The topological polar surface area (TPSA) is 56.2 Å². The molecule has 1 aromatic heterocycles. The first kappa shape index (κ1) is 11.5. The molecule has 0 saturated carbocycles. The largest absolute Gasteiger partial charge is 0.455 e. The van der Waals surface area contributed by atoms with E-state index in [9.17, 15) is 4.79 Å². The molecule has 0 aliphatic heterocycles. The molecule has 19 heavy (non-hydrogen) atoms. The third-order valence-corrected chi connectivity index (χ3v) is 3.18. The van der Waals surface area contributed by atoms with Crippen LogP contribution in [0.25, 0.3) is 22.3 Å². The highest BCUT2D eigenvalue weighted by Gasteiger charge is 2.12. The van der Waals surface area contributed by atoms with Crippen LogP contribution in [0.5, 0.6) is 0 Å². The molecule has 1 heterocycles. The number of fused-ring (bicyclic) bond motifs is 1. The van der Waals surface area contributed by atoms with Gasteiger partial charge in [-0.25, -0.2) is 0 Å². The fourth-order valence-corrected chi connectivity index (χ4v) is 2.17. The van der Waals surface area contributed by atoms with E-state index in [1.165, 1.54) is 0 Å². The van der Waals surface area contributed by atoms with Gasteiger partial charge in [0.15, 0.2) is 5.43 Å². The number of nitrogen functional groups attached to an aromatic ring is 1. The highest BCUT2D eigenvalue weighted by Crippen LogP contribution is 2.26. The van der Waals surface area contributed by atoms with Gasteiger partial charge in [-0.1, -0.05) is 30.3 Å². The van der Waals surface area contributed by atoms with Crippen molar-refractivity contribution in [3.8, 4) is 11.3 Å². The first-order valence-corrected chi connectivity index (χ1v) is 6.05. The minimum Gasteiger partial charge on any atom is -0.455 e. The third-order valence-electron chi connectivity index (χ3n) is 3.18. The number of anilines is 1. The average Bonchev–Trinajstić information content (AvgIpc) is 2.43. The van der Waals surface area contributed by atoms with E-state index in [0.717, 1.165) is 5.56 Å². The Kier molecular flexibility index (Phi) is 2.60. The molecule has 0 atom stereocenters. The summed E-state index contributed by atoms with van der Waals surface area (Å²) in [5.74, 6) is 0.601. The second-order valence-corrected chi connectivity index (χ2v) is 4.51. The van der Waals surface area contributed by atoms with Crippen molar-refractivity contribution in [3.63, 3.8) is 0 Å². The van der Waals surface area contributed by atoms with Crippen LogP contribution in [0.2, 0.25) is 0 Å². The van der Waals surface area contributed by atoms with Crippen molar-refractivity contribution < 1.29 is 4.42 Å². The van der Waals surface area contributed by atoms with Crippen molar-refractivity contribution in [2.45, 2.75) is 6.92 Å². The predicted molar refractivity (Wildman–Crippen MR) is 77.1 cm³/mol. The first-order chi connectivity index (χ1) is 9.16. The van der Waals surface area contributed by atoms with Crippen LogP contribution in [-0.2, 0) is 0 Å². The van der Waals surface area contributed by atoms with Gasteiger partial charge in [0, 0.05) is 22.9 Å². The molecule has 0 fully saturated rings. The average molecular weight is 251 g/mol. The zero-order chi connectivity index (χ0) is 13.4. The van der Waals surface area contributed by atoms with Gasteiger partial charge in [-0.2, -0.15) is 0 Å². The predicted octanol–water partition coefficient (Wildman–Crippen LogP) is 3.35. The lowest BCUT2D eigenvalue weighted by Gasteiger charge is -2.07. The molecule has 3 heteroatoms. The summed E-state index contributed by atoms with van der Waals surface area (Å²) in [5.41, 5.74) is 8.33. The lowest BCUT2D eigenvalue weighted by molar-refractivity contribution is 0.614. The summed E-state index contributed by atoms with van der Waals surface area (Å²) in [6, 6.07) is 14.7. The Bertz CT molecular complexity index is 804. The van der Waals surface area contributed by atoms with Gasteiger partial charge >= 0.3 is 0 Å². The van der Waals surface area contributed by atoms with Gasteiger partial charge in [0.1, 0.15) is 11.3 Å². The van der Waals surface area contributed by atoms with Crippen LogP contribution in [0.15, 0.2) is 57.7 Å². The van der Waals surface area contributed by atoms with Crippen molar-refractivity contribution >= 4 is 16.7 Å². The van der Waals surface area contributed by atoms with Crippen molar-refractivity contribution in [3.05, 3.63) is 64.3 Å². The highest BCUT2D eigenvalue weighted by molar-refractivity contribution is 5.82. The van der Waals surface area contributed by atoms with E-state index >= 15 is 0 Å². The summed E-state index contributed by atoms with van der Waals surface area (Å²) in [7, 11) is 0. The Morgan fingerprint density at radius 1 is 1.05 bits per heavy atom. The summed E-state index contributed by atoms with van der Waals surface area (Å²) in [6.07, 6.45) is 0. The van der Waals surface area contributed by atoms with Crippen molar-refractivity contribution in [1.82, 2.24) is 0 Å². The quantitative estimate of drug-likeness (QED) is 0.675. The molecule has 0 spiro atoms. The van der Waals surface area contributed by atoms with Crippen LogP contribution in [0.4, 0.5) is 5.69 Å². The minimum atomic E-state index is -0.0138. The number of benzene rings is 2. The Morgan fingerprint density at radius 3 is 2.53 bits per heavy atom. The smallest absolute Gasteiger partial charge is 0.196 e. The fourth-order valence-electron chi connectivity index (χ4n) is 2.17. The van der Waals surface area contributed by atoms with Crippen molar-refractivity contribution in [2.24, 2.45) is 0 Å². The van der Waals surface area contributed by atoms with Gasteiger partial charge in [0.2, 0.25) is 0 Å². The molecule has 0 radical (unpaired) electrons. The van der Waals surface area contributed by atoms with Crippen molar-refractivity contribution in [1.29, 1.82) is 0 Å². The van der Waals surface area contributed by atoms with E-state index in [4.69, 9.17) is 10.2 Å². The molecule has 0 aliphatic rings. The summed E-state index contributed by atoms with van der Waals surface area (Å²) in [5, 5.41) is 0.561. The second-order valence-electron chi connectivity index (χ2n) is 4.51. The monoisotopic (exact) mass is 251 g/mol. The third kappa shape index (κ3) is 1.89. The SMILES string of the molecule is Cc1c(-c2ccccc2)oc2cc(N)ccc2c1=O. The van der Waals surface area contributed by atoms with Gasteiger partial charge in [-0.15, -0.1) is 0 Å². The lowest BCUT2D eigenvalue weighted by Crippen LogP contribution is -2.07. The summed E-state index contributed by atoms with van der Waals surface area (Å²) in [4.78, 5) is 12.3. The molecule has 3 aromatic rings. The van der Waals surface area contributed by atoms with Gasteiger partial charge in [0.25, 0.3) is 0 Å². The maximum absolute atomic E-state index is 12.3. The molecule has 0 unspecified atom stereocenters. The minimum absolute atomic E-state index is 0.0138. The summed E-state index contributed by atoms with van der Waals surface area (Å²) >= 11 is 0. The van der Waals surface area contributed by atoms with E-state index in [2.05, 4.69) is 0 Å². The molecule has 2 aromatic carbocycles. The van der Waals surface area contributed by atoms with Crippen LogP contribution < -0.4 is 11.2 Å². The standard InChI is InChI=1S/C16H13NO2/c1-10-15(18)13-8-7-12(17)9-14(13)19-16(10)11-5-3-2-4-6-11/h2-9H,17H2,1H3. The molecule has 94 valence electrons. The van der Waals surface area contributed by atoms with Crippen LogP contribution in [0.1, 0.15) is 5.56 Å². The van der Waals surface area contributed by atoms with E-state index in [0.29, 0.717) is 28.0 Å². The second kappa shape index (κ2) is 4.28. The zero-order valence-electron chi connectivity index (χ0n) is 10.5. The maximum Gasteiger partial charge on any atom is 0.196 e. The van der Waals surface area contributed by atoms with Crippen LogP contribution >= 0.6 is 0 Å². The van der Waals surface area contributed by atoms with E-state index in [-0.39, 0.29) is 5.43 Å². The van der Waals surface area contributed by atoms with E-state index < -0.39 is 0 Å². The van der Waals surface area contributed by atoms with E-state index in [1.54, 1.807) is 25.1 Å². The number of hydrogen-bond donors (Lipinski definition) is 1. The van der Waals surface area contributed by atoms with Gasteiger partial charge in [0.05, 0.1) is 5.39 Å². The molecular formula is C16H13NO2. The molecule has 3 rings (SSSR count). The van der Waals surface area contributed by atoms with Crippen molar-refractivity contribution in [2.75, 3.05) is 5.73 Å². The Morgan fingerprint density at radius 2 is 1.79 bits per heavy atom. The molecule has 3 nitrogen and oxygen atoms in total. The number of rotatable bonds is 1. The first-order valence-electron chi connectivity index (χ1n) is 6.05. The van der Waals surface area contributed by atoms with Gasteiger partial charge < -0.3 is 10.2 Å². The van der Waals surface area contributed by atoms with Gasteiger partial charge in [-0.3, -0.25) is 4.79 Å². The zero-order valence-corrected chi connectivity index (χ0v) is 10.5. The maximum atomic E-state index is 12.3. The molecular weight excluding hydrogens is 238 g/mol. The highest BCUT2D eigenvalue weighted by atomic mass is 16.3. The van der Waals surface area contributed by atoms with Crippen LogP contribution in [0, 0.1) is 6.92 Å². The number of nitrogens with two attached hydrogens (primary N) is 1. The molecule has 0 amide bonds. The lowest BCUT2D eigenvalue weighted by atomic mass is 10.1. The van der Waals surface area contributed by atoms with Gasteiger partial charge in [-0.05, 0) is 19.1 Å².